The summed E-state index contributed by atoms with van der Waals surface area (Å²) >= 11 is 0. The molecule has 1 amide bonds. The van der Waals surface area contributed by atoms with Crippen LogP contribution < -0.4 is 11.1 Å². The second-order valence-electron chi connectivity index (χ2n) is 5.32. The van der Waals surface area contributed by atoms with E-state index in [0.29, 0.717) is 18.9 Å². The van der Waals surface area contributed by atoms with Gasteiger partial charge in [-0.05, 0) is 36.5 Å². The summed E-state index contributed by atoms with van der Waals surface area (Å²) in [6.45, 7) is 0.374. The molecule has 0 heterocycles. The van der Waals surface area contributed by atoms with E-state index in [1.165, 1.54) is 18.6 Å². The second kappa shape index (κ2) is 8.22. The van der Waals surface area contributed by atoms with Gasteiger partial charge in [0.05, 0.1) is 0 Å². The molecule has 3 nitrogen and oxygen atoms in total. The van der Waals surface area contributed by atoms with Gasteiger partial charge in [-0.3, -0.25) is 4.79 Å². The van der Waals surface area contributed by atoms with E-state index in [2.05, 4.69) is 5.32 Å². The summed E-state index contributed by atoms with van der Waals surface area (Å²) in [4.78, 5) is 11.9. The fourth-order valence-electron chi connectivity index (χ4n) is 2.65. The zero-order chi connectivity index (χ0) is 13.7. The third-order valence-corrected chi connectivity index (χ3v) is 3.79. The van der Waals surface area contributed by atoms with Crippen LogP contribution in [0.5, 0.6) is 0 Å². The minimum Gasteiger partial charge on any atom is -0.352 e. The Morgan fingerprint density at radius 1 is 1.35 bits per heavy atom. The lowest BCUT2D eigenvalue weighted by atomic mass is 9.83. The first-order chi connectivity index (χ1) is 9.15. The first kappa shape index (κ1) is 16.9. The molecule has 2 unspecified atom stereocenters. The molecule has 1 aromatic carbocycles. The zero-order valence-electron chi connectivity index (χ0n) is 11.5. The number of amides is 1. The smallest absolute Gasteiger partial charge is 0.220 e. The van der Waals surface area contributed by atoms with Crippen molar-refractivity contribution in [2.45, 2.75) is 44.7 Å². The standard InChI is InChI=1S/C15H21FN2O.ClH/c16-13-6-3-4-11(8-13)10-18-15(19)9-12-5-1-2-7-14(12)17;/h3-4,6,8,12,14H,1-2,5,7,9-10,17H2,(H,18,19);1H. The van der Waals surface area contributed by atoms with Crippen molar-refractivity contribution < 1.29 is 9.18 Å². The molecule has 0 saturated heterocycles. The van der Waals surface area contributed by atoms with Crippen molar-refractivity contribution in [1.29, 1.82) is 0 Å². The first-order valence-corrected chi connectivity index (χ1v) is 6.92. The highest BCUT2D eigenvalue weighted by Crippen LogP contribution is 2.25. The molecule has 1 saturated carbocycles. The zero-order valence-corrected chi connectivity index (χ0v) is 12.3. The summed E-state index contributed by atoms with van der Waals surface area (Å²) in [5.41, 5.74) is 6.80. The molecule has 2 atom stereocenters. The van der Waals surface area contributed by atoms with Crippen LogP contribution in [0.1, 0.15) is 37.7 Å². The lowest BCUT2D eigenvalue weighted by molar-refractivity contribution is -0.122. The average molecular weight is 301 g/mol. The first-order valence-electron chi connectivity index (χ1n) is 6.92. The predicted octanol–water partition coefficient (Wildman–Crippen LogP) is 2.77. The highest BCUT2D eigenvalue weighted by Gasteiger charge is 2.23. The summed E-state index contributed by atoms with van der Waals surface area (Å²) in [7, 11) is 0. The van der Waals surface area contributed by atoms with Crippen LogP contribution in [0.25, 0.3) is 0 Å². The minimum atomic E-state index is -0.277. The van der Waals surface area contributed by atoms with Crippen LogP contribution in [0.4, 0.5) is 4.39 Å². The number of nitrogens with one attached hydrogen (secondary N) is 1. The number of carbonyl (C=O) groups excluding carboxylic acids is 1. The van der Waals surface area contributed by atoms with Crippen molar-refractivity contribution in [3.63, 3.8) is 0 Å². The fraction of sp³-hybridized carbons (Fsp3) is 0.533. The van der Waals surface area contributed by atoms with Gasteiger partial charge in [0.15, 0.2) is 0 Å². The Hall–Kier alpha value is -1.13. The largest absolute Gasteiger partial charge is 0.352 e. The van der Waals surface area contributed by atoms with E-state index in [4.69, 9.17) is 5.73 Å². The highest BCUT2D eigenvalue weighted by atomic mass is 35.5. The van der Waals surface area contributed by atoms with Crippen LogP contribution in [0.15, 0.2) is 24.3 Å². The monoisotopic (exact) mass is 300 g/mol. The van der Waals surface area contributed by atoms with Crippen molar-refractivity contribution >= 4 is 18.3 Å². The fourth-order valence-corrected chi connectivity index (χ4v) is 2.65. The molecule has 0 aliphatic heterocycles. The number of nitrogens with two attached hydrogens (primary N) is 1. The summed E-state index contributed by atoms with van der Waals surface area (Å²) in [5, 5.41) is 2.83. The van der Waals surface area contributed by atoms with Crippen LogP contribution in [0.3, 0.4) is 0 Å². The summed E-state index contributed by atoms with van der Waals surface area (Å²) in [5.74, 6) is 0.0222. The summed E-state index contributed by atoms with van der Waals surface area (Å²) < 4.78 is 13.0. The van der Waals surface area contributed by atoms with Gasteiger partial charge in [0.1, 0.15) is 5.82 Å². The van der Waals surface area contributed by atoms with Crippen molar-refractivity contribution in [1.82, 2.24) is 5.32 Å². The van der Waals surface area contributed by atoms with E-state index in [-0.39, 0.29) is 30.2 Å². The number of hydrogen-bond donors (Lipinski definition) is 2. The van der Waals surface area contributed by atoms with E-state index < -0.39 is 0 Å². The van der Waals surface area contributed by atoms with Crippen LogP contribution in [0.2, 0.25) is 0 Å². The predicted molar refractivity (Wildman–Crippen MR) is 80.0 cm³/mol. The molecule has 2 rings (SSSR count). The SMILES string of the molecule is Cl.NC1CCCCC1CC(=O)NCc1cccc(F)c1. The number of rotatable bonds is 4. The van der Waals surface area contributed by atoms with Gasteiger partial charge in [-0.1, -0.05) is 25.0 Å². The topological polar surface area (TPSA) is 55.1 Å². The maximum atomic E-state index is 13.0. The van der Waals surface area contributed by atoms with Crippen molar-refractivity contribution in [3.8, 4) is 0 Å². The average Bonchev–Trinajstić information content (AvgIpc) is 2.39. The molecule has 0 radical (unpaired) electrons. The van der Waals surface area contributed by atoms with Gasteiger partial charge < -0.3 is 11.1 Å². The maximum absolute atomic E-state index is 13.0. The van der Waals surface area contributed by atoms with Crippen LogP contribution in [0, 0.1) is 11.7 Å². The van der Waals surface area contributed by atoms with Crippen LogP contribution in [-0.4, -0.2) is 11.9 Å². The van der Waals surface area contributed by atoms with Gasteiger partial charge in [0, 0.05) is 19.0 Å². The number of benzene rings is 1. The molecule has 112 valence electrons. The quantitative estimate of drug-likeness (QED) is 0.898. The number of carbonyl (C=O) groups is 1. The Kier molecular flexibility index (Phi) is 6.96. The van der Waals surface area contributed by atoms with E-state index in [1.54, 1.807) is 12.1 Å². The molecule has 0 bridgehead atoms. The maximum Gasteiger partial charge on any atom is 0.220 e. The Bertz CT molecular complexity index is 442. The minimum absolute atomic E-state index is 0. The van der Waals surface area contributed by atoms with E-state index in [1.807, 2.05) is 0 Å². The van der Waals surface area contributed by atoms with Gasteiger partial charge in [-0.15, -0.1) is 12.4 Å². The Labute approximate surface area is 125 Å². The van der Waals surface area contributed by atoms with Gasteiger partial charge in [0.2, 0.25) is 5.91 Å². The normalized spacial score (nSPS) is 21.9. The molecule has 0 spiro atoms. The molecule has 0 aromatic heterocycles. The van der Waals surface area contributed by atoms with Crippen molar-refractivity contribution in [2.24, 2.45) is 11.7 Å². The molecular formula is C15H22ClFN2O. The van der Waals surface area contributed by atoms with E-state index in [0.717, 1.165) is 24.8 Å². The summed E-state index contributed by atoms with van der Waals surface area (Å²) in [6.07, 6.45) is 4.87. The number of halogens is 2. The molecule has 5 heteroatoms. The van der Waals surface area contributed by atoms with Gasteiger partial charge in [0.25, 0.3) is 0 Å². The Morgan fingerprint density at radius 2 is 2.10 bits per heavy atom. The highest BCUT2D eigenvalue weighted by molar-refractivity contribution is 5.85. The van der Waals surface area contributed by atoms with Crippen molar-refractivity contribution in [3.05, 3.63) is 35.6 Å². The molecule has 1 aliphatic carbocycles. The van der Waals surface area contributed by atoms with Gasteiger partial charge in [-0.2, -0.15) is 0 Å². The Morgan fingerprint density at radius 3 is 2.80 bits per heavy atom. The molecule has 1 fully saturated rings. The van der Waals surface area contributed by atoms with Gasteiger partial charge in [-0.25, -0.2) is 4.39 Å². The molecule has 1 aliphatic rings. The van der Waals surface area contributed by atoms with Gasteiger partial charge >= 0.3 is 0 Å². The third kappa shape index (κ3) is 5.10. The second-order valence-corrected chi connectivity index (χ2v) is 5.32. The lowest BCUT2D eigenvalue weighted by Gasteiger charge is -2.27. The Balaban J connectivity index is 0.00000200. The van der Waals surface area contributed by atoms with Crippen LogP contribution >= 0.6 is 12.4 Å². The van der Waals surface area contributed by atoms with Crippen molar-refractivity contribution in [2.75, 3.05) is 0 Å². The van der Waals surface area contributed by atoms with E-state index >= 15 is 0 Å². The lowest BCUT2D eigenvalue weighted by Crippen LogP contribution is -2.36. The molecule has 20 heavy (non-hydrogen) atoms. The summed E-state index contributed by atoms with van der Waals surface area (Å²) in [6, 6.07) is 6.43. The van der Waals surface area contributed by atoms with Crippen LogP contribution in [-0.2, 0) is 11.3 Å². The number of hydrogen-bond acceptors (Lipinski definition) is 2. The molecule has 3 N–H and O–H groups in total. The molecule has 1 aromatic rings. The third-order valence-electron chi connectivity index (χ3n) is 3.79. The van der Waals surface area contributed by atoms with E-state index in [9.17, 15) is 9.18 Å². The molecular weight excluding hydrogens is 279 g/mol.